The van der Waals surface area contributed by atoms with Crippen LogP contribution in [0.25, 0.3) is 5.69 Å². The first kappa shape index (κ1) is 17.5. The van der Waals surface area contributed by atoms with Crippen LogP contribution < -0.4 is 10.6 Å². The second-order valence-corrected chi connectivity index (χ2v) is 7.30. The first-order valence-electron chi connectivity index (χ1n) is 8.63. The highest BCUT2D eigenvalue weighted by atomic mass is 79.9. The maximum atomic E-state index is 12.6. The lowest BCUT2D eigenvalue weighted by atomic mass is 10.3. The minimum atomic E-state index is -0.339. The summed E-state index contributed by atoms with van der Waals surface area (Å²) in [7, 11) is 0. The third-order valence-corrected chi connectivity index (χ3v) is 4.77. The fourth-order valence-electron chi connectivity index (χ4n) is 2.65. The Morgan fingerprint density at radius 3 is 2.37 bits per heavy atom. The third-order valence-electron chi connectivity index (χ3n) is 4.24. The zero-order valence-electron chi connectivity index (χ0n) is 14.4. The molecule has 2 aromatic carbocycles. The van der Waals surface area contributed by atoms with Crippen molar-refractivity contribution in [3.8, 4) is 5.69 Å². The van der Waals surface area contributed by atoms with Gasteiger partial charge in [-0.25, -0.2) is 4.68 Å². The second-order valence-electron chi connectivity index (χ2n) is 6.39. The SMILES string of the molecule is O=C(Nc1ccc(Br)cc1)c1cc(NC(=O)C2CC2)n(-c2ccccc2)n1. The van der Waals surface area contributed by atoms with Gasteiger partial charge in [0.05, 0.1) is 5.69 Å². The van der Waals surface area contributed by atoms with Crippen molar-refractivity contribution in [2.75, 3.05) is 10.6 Å². The quantitative estimate of drug-likeness (QED) is 0.642. The van der Waals surface area contributed by atoms with Gasteiger partial charge in [0.15, 0.2) is 5.69 Å². The normalized spacial score (nSPS) is 13.2. The number of para-hydroxylation sites is 1. The molecule has 1 saturated carbocycles. The van der Waals surface area contributed by atoms with Gasteiger partial charge in [-0.1, -0.05) is 34.1 Å². The predicted molar refractivity (Wildman–Crippen MR) is 107 cm³/mol. The lowest BCUT2D eigenvalue weighted by Gasteiger charge is -2.08. The zero-order valence-corrected chi connectivity index (χ0v) is 15.9. The van der Waals surface area contributed by atoms with Crippen molar-refractivity contribution < 1.29 is 9.59 Å². The summed E-state index contributed by atoms with van der Waals surface area (Å²) in [5.41, 5.74) is 1.67. The van der Waals surface area contributed by atoms with Gasteiger partial charge >= 0.3 is 0 Å². The summed E-state index contributed by atoms with van der Waals surface area (Å²) in [5, 5.41) is 10.1. The first-order chi connectivity index (χ1) is 13.1. The van der Waals surface area contributed by atoms with E-state index in [4.69, 9.17) is 0 Å². The second kappa shape index (κ2) is 7.36. The standard InChI is InChI=1S/C20H17BrN4O2/c21-14-8-10-15(11-9-14)22-20(27)17-12-18(23-19(26)13-6-7-13)25(24-17)16-4-2-1-3-5-16/h1-5,8-13H,6-7H2,(H,22,27)(H,23,26). The Morgan fingerprint density at radius 2 is 1.70 bits per heavy atom. The Morgan fingerprint density at radius 1 is 1.00 bits per heavy atom. The monoisotopic (exact) mass is 424 g/mol. The lowest BCUT2D eigenvalue weighted by Crippen LogP contribution is -2.16. The molecule has 2 amide bonds. The number of hydrogen-bond donors (Lipinski definition) is 2. The number of anilines is 2. The number of carbonyl (C=O) groups is 2. The van der Waals surface area contributed by atoms with Crippen molar-refractivity contribution in [3.63, 3.8) is 0 Å². The lowest BCUT2D eigenvalue weighted by molar-refractivity contribution is -0.117. The van der Waals surface area contributed by atoms with Gasteiger partial charge in [-0.3, -0.25) is 9.59 Å². The molecule has 0 saturated heterocycles. The molecule has 1 aliphatic carbocycles. The minimum Gasteiger partial charge on any atom is -0.321 e. The van der Waals surface area contributed by atoms with E-state index in [1.54, 1.807) is 22.9 Å². The van der Waals surface area contributed by atoms with Crippen LogP contribution in [0.5, 0.6) is 0 Å². The van der Waals surface area contributed by atoms with Gasteiger partial charge in [0.1, 0.15) is 5.82 Å². The highest BCUT2D eigenvalue weighted by Gasteiger charge is 2.30. The molecule has 136 valence electrons. The number of hydrogen-bond acceptors (Lipinski definition) is 3. The zero-order chi connectivity index (χ0) is 18.8. The number of rotatable bonds is 5. The van der Waals surface area contributed by atoms with Crippen molar-refractivity contribution in [1.82, 2.24) is 9.78 Å². The molecule has 6 nitrogen and oxygen atoms in total. The van der Waals surface area contributed by atoms with Crippen molar-refractivity contribution in [1.29, 1.82) is 0 Å². The van der Waals surface area contributed by atoms with E-state index in [1.165, 1.54) is 0 Å². The minimum absolute atomic E-state index is 0.0352. The number of nitrogens with zero attached hydrogens (tertiary/aromatic N) is 2. The molecule has 27 heavy (non-hydrogen) atoms. The molecule has 0 aliphatic heterocycles. The van der Waals surface area contributed by atoms with Crippen LogP contribution in [0.4, 0.5) is 11.5 Å². The van der Waals surface area contributed by atoms with Gasteiger partial charge in [0.25, 0.3) is 5.91 Å². The Labute approximate surface area is 164 Å². The van der Waals surface area contributed by atoms with Crippen LogP contribution in [-0.2, 0) is 4.79 Å². The number of benzene rings is 2. The van der Waals surface area contributed by atoms with E-state index in [1.807, 2.05) is 42.5 Å². The van der Waals surface area contributed by atoms with Crippen molar-refractivity contribution in [2.45, 2.75) is 12.8 Å². The topological polar surface area (TPSA) is 76.0 Å². The number of amides is 2. The summed E-state index contributed by atoms with van der Waals surface area (Å²) in [6.07, 6.45) is 1.81. The Bertz CT molecular complexity index is 979. The molecule has 1 fully saturated rings. The summed E-state index contributed by atoms with van der Waals surface area (Å²) >= 11 is 3.37. The highest BCUT2D eigenvalue weighted by Crippen LogP contribution is 2.30. The highest BCUT2D eigenvalue weighted by molar-refractivity contribution is 9.10. The molecule has 2 N–H and O–H groups in total. The largest absolute Gasteiger partial charge is 0.321 e. The molecule has 1 aromatic heterocycles. The number of aromatic nitrogens is 2. The summed E-state index contributed by atoms with van der Waals surface area (Å²) in [6.45, 7) is 0. The molecule has 0 unspecified atom stereocenters. The summed E-state index contributed by atoms with van der Waals surface area (Å²) < 4.78 is 2.51. The van der Waals surface area contributed by atoms with Gasteiger partial charge in [0.2, 0.25) is 5.91 Å². The van der Waals surface area contributed by atoms with E-state index in [9.17, 15) is 9.59 Å². The van der Waals surface area contributed by atoms with E-state index in [-0.39, 0.29) is 23.4 Å². The van der Waals surface area contributed by atoms with Crippen LogP contribution in [-0.4, -0.2) is 21.6 Å². The van der Waals surface area contributed by atoms with Gasteiger partial charge in [-0.2, -0.15) is 5.10 Å². The molecule has 1 heterocycles. The fourth-order valence-corrected chi connectivity index (χ4v) is 2.91. The van der Waals surface area contributed by atoms with Crippen LogP contribution in [0.3, 0.4) is 0 Å². The molecule has 0 atom stereocenters. The van der Waals surface area contributed by atoms with Crippen LogP contribution in [0.1, 0.15) is 23.3 Å². The van der Waals surface area contributed by atoms with Gasteiger partial charge < -0.3 is 10.6 Å². The van der Waals surface area contributed by atoms with Crippen molar-refractivity contribution in [3.05, 3.63) is 70.8 Å². The van der Waals surface area contributed by atoms with E-state index < -0.39 is 0 Å². The van der Waals surface area contributed by atoms with E-state index in [0.29, 0.717) is 11.5 Å². The molecular weight excluding hydrogens is 408 g/mol. The van der Waals surface area contributed by atoms with Gasteiger partial charge in [-0.15, -0.1) is 0 Å². The smallest absolute Gasteiger partial charge is 0.276 e. The number of carbonyl (C=O) groups excluding carboxylic acids is 2. The van der Waals surface area contributed by atoms with Gasteiger partial charge in [-0.05, 0) is 49.2 Å². The molecule has 7 heteroatoms. The molecule has 0 spiro atoms. The third kappa shape index (κ3) is 4.09. The average Bonchev–Trinajstić information content (AvgIpc) is 3.45. The predicted octanol–water partition coefficient (Wildman–Crippen LogP) is 4.24. The Hall–Kier alpha value is -2.93. The van der Waals surface area contributed by atoms with Gasteiger partial charge in [0, 0.05) is 22.1 Å². The van der Waals surface area contributed by atoms with Crippen LogP contribution >= 0.6 is 15.9 Å². The fraction of sp³-hybridized carbons (Fsp3) is 0.150. The average molecular weight is 425 g/mol. The molecule has 3 aromatic rings. The van der Waals surface area contributed by atoms with E-state index in [0.717, 1.165) is 23.0 Å². The summed E-state index contributed by atoms with van der Waals surface area (Å²) in [4.78, 5) is 24.8. The van der Waals surface area contributed by atoms with E-state index in [2.05, 4.69) is 31.7 Å². The maximum absolute atomic E-state index is 12.6. The summed E-state index contributed by atoms with van der Waals surface area (Å²) in [5.74, 6) is 0.170. The number of halogens is 1. The Balaban J connectivity index is 1.62. The molecule has 1 aliphatic rings. The van der Waals surface area contributed by atoms with Crippen LogP contribution in [0, 0.1) is 5.92 Å². The maximum Gasteiger partial charge on any atom is 0.276 e. The molecule has 4 rings (SSSR count). The van der Waals surface area contributed by atoms with Crippen LogP contribution in [0.2, 0.25) is 0 Å². The molecular formula is C20H17BrN4O2. The summed E-state index contributed by atoms with van der Waals surface area (Å²) in [6, 6.07) is 18.3. The van der Waals surface area contributed by atoms with Crippen molar-refractivity contribution >= 4 is 39.2 Å². The number of nitrogens with one attached hydrogen (secondary N) is 2. The first-order valence-corrected chi connectivity index (χ1v) is 9.43. The molecule has 0 radical (unpaired) electrons. The van der Waals surface area contributed by atoms with Crippen LogP contribution in [0.15, 0.2) is 65.1 Å². The van der Waals surface area contributed by atoms with Crippen molar-refractivity contribution in [2.24, 2.45) is 5.92 Å². The molecule has 0 bridgehead atoms. The van der Waals surface area contributed by atoms with E-state index >= 15 is 0 Å². The Kier molecular flexibility index (Phi) is 4.77.